The Morgan fingerprint density at radius 3 is 2.74 bits per heavy atom. The number of ether oxygens (including phenoxy) is 1. The molecule has 4 heterocycles. The Morgan fingerprint density at radius 1 is 1.30 bits per heavy atom. The fraction of sp³-hybridized carbons (Fsp3) is 0.474. The van der Waals surface area contributed by atoms with Crippen molar-refractivity contribution in [3.8, 4) is 0 Å². The van der Waals surface area contributed by atoms with Crippen LogP contribution in [-0.4, -0.2) is 59.4 Å². The third-order valence-corrected chi connectivity index (χ3v) is 5.73. The molecule has 0 bridgehead atoms. The van der Waals surface area contributed by atoms with Crippen LogP contribution in [0.5, 0.6) is 0 Å². The van der Waals surface area contributed by atoms with E-state index in [4.69, 9.17) is 4.74 Å². The van der Waals surface area contributed by atoms with Crippen molar-refractivity contribution in [2.45, 2.75) is 19.0 Å². The molecule has 1 N–H and O–H groups in total. The Morgan fingerprint density at radius 2 is 2.11 bits per heavy atom. The van der Waals surface area contributed by atoms with Gasteiger partial charge in [-0.25, -0.2) is 4.98 Å². The number of nitrogens with one attached hydrogen (secondary N) is 1. The van der Waals surface area contributed by atoms with E-state index in [9.17, 15) is 4.79 Å². The first kappa shape index (κ1) is 18.5. The van der Waals surface area contributed by atoms with Crippen molar-refractivity contribution in [3.05, 3.63) is 45.4 Å². The second-order valence-electron chi connectivity index (χ2n) is 7.24. The van der Waals surface area contributed by atoms with E-state index in [1.54, 1.807) is 19.3 Å². The molecule has 0 unspecified atom stereocenters. The normalized spacial score (nSPS) is 21.1. The zero-order chi connectivity index (χ0) is 19.0. The molecule has 2 saturated heterocycles. The number of aromatic nitrogens is 2. The van der Waals surface area contributed by atoms with Gasteiger partial charge in [0, 0.05) is 43.4 Å². The van der Waals surface area contributed by atoms with Gasteiger partial charge in [0.05, 0.1) is 31.1 Å². The molecule has 2 aliphatic heterocycles. The third-order valence-electron chi connectivity index (χ3n) is 5.29. The molecule has 1 atom stereocenters. The van der Waals surface area contributed by atoms with Crippen molar-refractivity contribution < 1.29 is 4.74 Å². The van der Waals surface area contributed by atoms with Crippen molar-refractivity contribution in [2.75, 3.05) is 43.1 Å². The smallest absolute Gasteiger partial charge is 0.274 e. The van der Waals surface area contributed by atoms with Gasteiger partial charge >= 0.3 is 0 Å². The summed E-state index contributed by atoms with van der Waals surface area (Å²) in [6.45, 7) is 7.02. The summed E-state index contributed by atoms with van der Waals surface area (Å²) in [6.07, 6.45) is 3.61. The van der Waals surface area contributed by atoms with Gasteiger partial charge in [-0.2, -0.15) is 0 Å². The molecule has 0 amide bonds. The number of anilines is 3. The van der Waals surface area contributed by atoms with E-state index in [0.717, 1.165) is 43.0 Å². The van der Waals surface area contributed by atoms with Crippen LogP contribution >= 0.6 is 15.9 Å². The highest BCUT2D eigenvalue weighted by Crippen LogP contribution is 2.24. The van der Waals surface area contributed by atoms with E-state index in [0.29, 0.717) is 23.6 Å². The lowest BCUT2D eigenvalue weighted by Crippen LogP contribution is -2.60. The number of nitrogens with zero attached hydrogens (tertiary/aromatic N) is 4. The van der Waals surface area contributed by atoms with Crippen LogP contribution in [0.25, 0.3) is 0 Å². The SMILES string of the molecule is C[C@@H]1CN(c2ccc(Nc3cc(Br)cn(C)c3=O)nc2)CCN1C1COC1. The highest BCUT2D eigenvalue weighted by atomic mass is 79.9. The average Bonchev–Trinajstić information content (AvgIpc) is 2.60. The van der Waals surface area contributed by atoms with Crippen LogP contribution in [0.2, 0.25) is 0 Å². The van der Waals surface area contributed by atoms with Gasteiger partial charge in [0.1, 0.15) is 11.5 Å². The van der Waals surface area contributed by atoms with Gasteiger partial charge in [0.2, 0.25) is 0 Å². The molecular formula is C19H24BrN5O2. The monoisotopic (exact) mass is 433 g/mol. The summed E-state index contributed by atoms with van der Waals surface area (Å²) in [7, 11) is 1.73. The number of pyridine rings is 2. The molecule has 0 spiro atoms. The van der Waals surface area contributed by atoms with Gasteiger partial charge in [-0.1, -0.05) is 0 Å². The maximum Gasteiger partial charge on any atom is 0.274 e. The largest absolute Gasteiger partial charge is 0.378 e. The molecule has 144 valence electrons. The minimum absolute atomic E-state index is 0.0889. The summed E-state index contributed by atoms with van der Waals surface area (Å²) in [4.78, 5) is 21.6. The maximum absolute atomic E-state index is 12.2. The summed E-state index contributed by atoms with van der Waals surface area (Å²) in [5.41, 5.74) is 1.52. The zero-order valence-corrected chi connectivity index (χ0v) is 17.1. The minimum atomic E-state index is -0.0889. The predicted molar refractivity (Wildman–Crippen MR) is 110 cm³/mol. The zero-order valence-electron chi connectivity index (χ0n) is 15.6. The molecule has 4 rings (SSSR count). The van der Waals surface area contributed by atoms with Crippen LogP contribution in [0.1, 0.15) is 6.92 Å². The van der Waals surface area contributed by atoms with Crippen molar-refractivity contribution in [2.24, 2.45) is 7.05 Å². The standard InChI is InChI=1S/C19H24BrN5O2/c1-13-9-24(5-6-25(13)16-11-27-12-16)15-3-4-18(21-8-15)22-17-7-14(20)10-23(2)19(17)26/h3-4,7-8,10,13,16H,5-6,9,11-12H2,1-2H3,(H,21,22)/t13-/m1/s1. The number of aryl methyl sites for hydroxylation is 1. The lowest BCUT2D eigenvalue weighted by atomic mass is 10.1. The molecule has 2 aliphatic rings. The number of hydrogen-bond donors (Lipinski definition) is 1. The summed E-state index contributed by atoms with van der Waals surface area (Å²) in [5.74, 6) is 0.659. The van der Waals surface area contributed by atoms with Crippen LogP contribution in [0.3, 0.4) is 0 Å². The minimum Gasteiger partial charge on any atom is -0.378 e. The van der Waals surface area contributed by atoms with E-state index in [-0.39, 0.29) is 5.56 Å². The van der Waals surface area contributed by atoms with Gasteiger partial charge in [0.15, 0.2) is 0 Å². The van der Waals surface area contributed by atoms with Crippen LogP contribution < -0.4 is 15.8 Å². The Hall–Kier alpha value is -1.90. The summed E-state index contributed by atoms with van der Waals surface area (Å²) >= 11 is 3.42. The highest BCUT2D eigenvalue weighted by Gasteiger charge is 2.33. The van der Waals surface area contributed by atoms with E-state index < -0.39 is 0 Å². The van der Waals surface area contributed by atoms with Gasteiger partial charge in [-0.3, -0.25) is 9.69 Å². The topological polar surface area (TPSA) is 62.6 Å². The molecule has 8 heteroatoms. The van der Waals surface area contributed by atoms with Crippen LogP contribution in [0, 0.1) is 0 Å². The van der Waals surface area contributed by atoms with Gasteiger partial charge in [-0.15, -0.1) is 0 Å². The summed E-state index contributed by atoms with van der Waals surface area (Å²) in [5, 5.41) is 3.11. The number of rotatable bonds is 4. The van der Waals surface area contributed by atoms with Crippen molar-refractivity contribution >= 4 is 33.1 Å². The first-order valence-corrected chi connectivity index (χ1v) is 9.98. The Kier molecular flexibility index (Phi) is 5.21. The van der Waals surface area contributed by atoms with Gasteiger partial charge in [-0.05, 0) is 41.1 Å². The first-order valence-electron chi connectivity index (χ1n) is 9.19. The molecule has 7 nitrogen and oxygen atoms in total. The Balaban J connectivity index is 1.43. The number of piperazine rings is 1. The van der Waals surface area contributed by atoms with Gasteiger partial charge < -0.3 is 19.5 Å². The lowest BCUT2D eigenvalue weighted by molar-refractivity contribution is -0.0792. The molecule has 2 aromatic heterocycles. The maximum atomic E-state index is 12.2. The van der Waals surface area contributed by atoms with Crippen molar-refractivity contribution in [1.29, 1.82) is 0 Å². The van der Waals surface area contributed by atoms with E-state index in [2.05, 4.69) is 49.0 Å². The molecule has 27 heavy (non-hydrogen) atoms. The quantitative estimate of drug-likeness (QED) is 0.797. The summed E-state index contributed by atoms with van der Waals surface area (Å²) in [6, 6.07) is 6.83. The molecule has 2 fully saturated rings. The molecule has 0 aromatic carbocycles. The Bertz CT molecular complexity index is 865. The molecule has 0 saturated carbocycles. The fourth-order valence-corrected chi connectivity index (χ4v) is 4.24. The van der Waals surface area contributed by atoms with Crippen LogP contribution in [0.4, 0.5) is 17.2 Å². The number of hydrogen-bond acceptors (Lipinski definition) is 6. The van der Waals surface area contributed by atoms with E-state index >= 15 is 0 Å². The molecule has 0 aliphatic carbocycles. The lowest BCUT2D eigenvalue weighted by Gasteiger charge is -2.47. The second kappa shape index (κ2) is 7.61. The van der Waals surface area contributed by atoms with Gasteiger partial charge in [0.25, 0.3) is 5.56 Å². The Labute approximate surface area is 167 Å². The average molecular weight is 434 g/mol. The second-order valence-corrected chi connectivity index (χ2v) is 8.15. The van der Waals surface area contributed by atoms with Crippen LogP contribution in [-0.2, 0) is 11.8 Å². The summed E-state index contributed by atoms with van der Waals surface area (Å²) < 4.78 is 7.71. The first-order chi connectivity index (χ1) is 13.0. The number of halogens is 1. The van der Waals surface area contributed by atoms with Crippen LogP contribution in [0.15, 0.2) is 39.9 Å². The van der Waals surface area contributed by atoms with Crippen molar-refractivity contribution in [3.63, 3.8) is 0 Å². The fourth-order valence-electron chi connectivity index (χ4n) is 3.71. The molecular weight excluding hydrogens is 410 g/mol. The van der Waals surface area contributed by atoms with Crippen molar-refractivity contribution in [1.82, 2.24) is 14.5 Å². The molecule has 0 radical (unpaired) electrons. The van der Waals surface area contributed by atoms with E-state index in [1.807, 2.05) is 12.3 Å². The molecule has 2 aromatic rings. The highest BCUT2D eigenvalue weighted by molar-refractivity contribution is 9.10. The third kappa shape index (κ3) is 3.88. The van der Waals surface area contributed by atoms with E-state index in [1.165, 1.54) is 4.57 Å². The predicted octanol–water partition coefficient (Wildman–Crippen LogP) is 2.20.